The molecule has 1 aromatic rings. The Labute approximate surface area is 127 Å². The molecule has 2 rings (SSSR count). The van der Waals surface area contributed by atoms with Gasteiger partial charge in [0.05, 0.1) is 26.1 Å². The number of carbonyl (C=O) groups is 2. The monoisotopic (exact) mass is 310 g/mol. The molecule has 22 heavy (non-hydrogen) atoms. The van der Waals surface area contributed by atoms with E-state index in [0.29, 0.717) is 11.4 Å². The van der Waals surface area contributed by atoms with E-state index in [1.54, 1.807) is 25.1 Å². The highest BCUT2D eigenvalue weighted by Crippen LogP contribution is 2.32. The molecular weight excluding hydrogens is 291 g/mol. The van der Waals surface area contributed by atoms with E-state index >= 15 is 0 Å². The molecule has 1 aliphatic rings. The fourth-order valence-electron chi connectivity index (χ4n) is 2.44. The molecule has 1 amide bonds. The quantitative estimate of drug-likeness (QED) is 0.763. The summed E-state index contributed by atoms with van der Waals surface area (Å²) in [5, 5.41) is 12.4. The zero-order valence-electron chi connectivity index (χ0n) is 12.5. The summed E-state index contributed by atoms with van der Waals surface area (Å²) in [7, 11) is 1.20. The van der Waals surface area contributed by atoms with Crippen molar-refractivity contribution in [3.63, 3.8) is 0 Å². The van der Waals surface area contributed by atoms with Crippen LogP contribution in [-0.2, 0) is 20.7 Å². The maximum absolute atomic E-state index is 12.8. The van der Waals surface area contributed by atoms with E-state index in [2.05, 4.69) is 10.1 Å². The Morgan fingerprint density at radius 1 is 1.55 bits per heavy atom. The molecule has 7 heteroatoms. The second kappa shape index (κ2) is 6.74. The standard InChI is InChI=1S/C15H19FN2O4/c1-9(7-16)18-12-4-3-11(5-10(12)6-14(18)20)17-8-13(19)15(21)22-2/h3-5,9,13,17,19H,6-8H2,1-2H3/t9?,13-/m1/s1. The van der Waals surface area contributed by atoms with Crippen molar-refractivity contribution >= 4 is 23.3 Å². The number of esters is 1. The molecule has 0 saturated heterocycles. The number of amides is 1. The molecule has 1 unspecified atom stereocenters. The fourth-order valence-corrected chi connectivity index (χ4v) is 2.44. The molecule has 0 spiro atoms. The van der Waals surface area contributed by atoms with Crippen LogP contribution in [0.1, 0.15) is 12.5 Å². The Morgan fingerprint density at radius 3 is 2.91 bits per heavy atom. The Hall–Kier alpha value is -2.15. The highest BCUT2D eigenvalue weighted by atomic mass is 19.1. The summed E-state index contributed by atoms with van der Waals surface area (Å²) >= 11 is 0. The minimum Gasteiger partial charge on any atom is -0.467 e. The zero-order valence-corrected chi connectivity index (χ0v) is 12.5. The summed E-state index contributed by atoms with van der Waals surface area (Å²) in [6.45, 7) is 1.06. The Bertz CT molecular complexity index is 579. The van der Waals surface area contributed by atoms with Crippen LogP contribution in [0.3, 0.4) is 0 Å². The number of halogens is 1. The molecular formula is C15H19FN2O4. The van der Waals surface area contributed by atoms with Crippen LogP contribution in [0.25, 0.3) is 0 Å². The Morgan fingerprint density at radius 2 is 2.27 bits per heavy atom. The molecule has 2 N–H and O–H groups in total. The van der Waals surface area contributed by atoms with Gasteiger partial charge in [0.2, 0.25) is 5.91 Å². The molecule has 0 saturated carbocycles. The number of alkyl halides is 1. The first-order valence-electron chi connectivity index (χ1n) is 6.98. The van der Waals surface area contributed by atoms with E-state index in [4.69, 9.17) is 0 Å². The molecule has 1 heterocycles. The summed E-state index contributed by atoms with van der Waals surface area (Å²) in [6, 6.07) is 4.73. The summed E-state index contributed by atoms with van der Waals surface area (Å²) in [5.74, 6) is -0.848. The Kier molecular flexibility index (Phi) is 4.97. The zero-order chi connectivity index (χ0) is 16.3. The van der Waals surface area contributed by atoms with Gasteiger partial charge in [0.25, 0.3) is 0 Å². The van der Waals surface area contributed by atoms with Gasteiger partial charge in [-0.2, -0.15) is 0 Å². The molecule has 1 aromatic carbocycles. The first-order chi connectivity index (χ1) is 10.5. The maximum atomic E-state index is 12.8. The summed E-state index contributed by atoms with van der Waals surface area (Å²) in [5.41, 5.74) is 2.17. The van der Waals surface area contributed by atoms with Crippen LogP contribution in [0.4, 0.5) is 15.8 Å². The number of nitrogens with zero attached hydrogens (tertiary/aromatic N) is 1. The minimum atomic E-state index is -1.26. The van der Waals surface area contributed by atoms with Crippen molar-refractivity contribution in [2.45, 2.75) is 25.5 Å². The van der Waals surface area contributed by atoms with E-state index in [9.17, 15) is 19.1 Å². The second-order valence-corrected chi connectivity index (χ2v) is 5.21. The number of aliphatic hydroxyl groups excluding tert-OH is 1. The van der Waals surface area contributed by atoms with Crippen molar-refractivity contribution in [2.24, 2.45) is 0 Å². The van der Waals surface area contributed by atoms with Crippen molar-refractivity contribution in [2.75, 3.05) is 30.5 Å². The van der Waals surface area contributed by atoms with Crippen molar-refractivity contribution in [3.05, 3.63) is 23.8 Å². The lowest BCUT2D eigenvalue weighted by Crippen LogP contribution is -2.37. The highest BCUT2D eigenvalue weighted by molar-refractivity contribution is 6.02. The van der Waals surface area contributed by atoms with Crippen molar-refractivity contribution in [1.82, 2.24) is 0 Å². The van der Waals surface area contributed by atoms with Gasteiger partial charge in [-0.25, -0.2) is 9.18 Å². The third kappa shape index (κ3) is 3.19. The molecule has 0 fully saturated rings. The number of hydrogen-bond donors (Lipinski definition) is 2. The normalized spacial score (nSPS) is 16.2. The van der Waals surface area contributed by atoms with Crippen molar-refractivity contribution < 1.29 is 23.8 Å². The molecule has 1 aliphatic heterocycles. The number of aliphatic hydroxyl groups is 1. The van der Waals surface area contributed by atoms with Crippen LogP contribution in [0.5, 0.6) is 0 Å². The molecule has 120 valence electrons. The van der Waals surface area contributed by atoms with E-state index in [-0.39, 0.29) is 18.9 Å². The molecule has 0 radical (unpaired) electrons. The number of ether oxygens (including phenoxy) is 1. The van der Waals surface area contributed by atoms with Gasteiger partial charge >= 0.3 is 5.97 Å². The van der Waals surface area contributed by atoms with Gasteiger partial charge in [-0.15, -0.1) is 0 Å². The van der Waals surface area contributed by atoms with E-state index in [1.165, 1.54) is 12.0 Å². The predicted octanol–water partition coefficient (Wildman–Crippen LogP) is 0.879. The fraction of sp³-hybridized carbons (Fsp3) is 0.467. The summed E-state index contributed by atoms with van der Waals surface area (Å²) < 4.78 is 17.3. The van der Waals surface area contributed by atoms with Gasteiger partial charge in [-0.05, 0) is 30.7 Å². The van der Waals surface area contributed by atoms with E-state index < -0.39 is 24.8 Å². The molecule has 0 bridgehead atoms. The summed E-state index contributed by atoms with van der Waals surface area (Å²) in [6.07, 6.45) is -1.04. The average molecular weight is 310 g/mol. The van der Waals surface area contributed by atoms with Crippen LogP contribution >= 0.6 is 0 Å². The van der Waals surface area contributed by atoms with E-state index in [1.807, 2.05) is 0 Å². The lowest BCUT2D eigenvalue weighted by molar-refractivity contribution is -0.149. The number of rotatable bonds is 6. The van der Waals surface area contributed by atoms with Gasteiger partial charge in [-0.1, -0.05) is 0 Å². The maximum Gasteiger partial charge on any atom is 0.336 e. The third-order valence-corrected chi connectivity index (χ3v) is 3.59. The molecule has 6 nitrogen and oxygen atoms in total. The highest BCUT2D eigenvalue weighted by Gasteiger charge is 2.31. The molecule has 2 atom stereocenters. The SMILES string of the molecule is COC(=O)[C@H](O)CNc1ccc2c(c1)CC(=O)N2C(C)CF. The van der Waals surface area contributed by atoms with E-state index in [0.717, 1.165) is 5.56 Å². The topological polar surface area (TPSA) is 78.9 Å². The Balaban J connectivity index is 2.09. The number of anilines is 2. The van der Waals surface area contributed by atoms with Crippen LogP contribution in [0.2, 0.25) is 0 Å². The minimum absolute atomic E-state index is 0.00397. The average Bonchev–Trinajstić information content (AvgIpc) is 2.85. The smallest absolute Gasteiger partial charge is 0.336 e. The lowest BCUT2D eigenvalue weighted by atomic mass is 10.1. The van der Waals surface area contributed by atoms with Gasteiger partial charge in [0.1, 0.15) is 6.67 Å². The number of benzene rings is 1. The largest absolute Gasteiger partial charge is 0.467 e. The first kappa shape index (κ1) is 16.2. The number of fused-ring (bicyclic) bond motifs is 1. The van der Waals surface area contributed by atoms with Crippen LogP contribution in [0.15, 0.2) is 18.2 Å². The van der Waals surface area contributed by atoms with Gasteiger partial charge in [0, 0.05) is 11.4 Å². The number of hydrogen-bond acceptors (Lipinski definition) is 5. The second-order valence-electron chi connectivity index (χ2n) is 5.21. The van der Waals surface area contributed by atoms with Gasteiger partial charge in [0.15, 0.2) is 6.10 Å². The predicted molar refractivity (Wildman–Crippen MR) is 79.6 cm³/mol. The van der Waals surface area contributed by atoms with Gasteiger partial charge < -0.3 is 20.1 Å². The van der Waals surface area contributed by atoms with Gasteiger partial charge in [-0.3, -0.25) is 4.79 Å². The number of nitrogens with one attached hydrogen (secondary N) is 1. The lowest BCUT2D eigenvalue weighted by Gasteiger charge is -2.23. The van der Waals surface area contributed by atoms with Crippen molar-refractivity contribution in [3.8, 4) is 0 Å². The third-order valence-electron chi connectivity index (χ3n) is 3.59. The molecule has 0 aromatic heterocycles. The van der Waals surface area contributed by atoms with Crippen LogP contribution in [-0.4, -0.2) is 49.5 Å². The molecule has 0 aliphatic carbocycles. The number of carbonyl (C=O) groups excluding carboxylic acids is 2. The number of methoxy groups -OCH3 is 1. The van der Waals surface area contributed by atoms with Crippen molar-refractivity contribution in [1.29, 1.82) is 0 Å². The van der Waals surface area contributed by atoms with Crippen LogP contribution in [0, 0.1) is 0 Å². The first-order valence-corrected chi connectivity index (χ1v) is 6.98. The van der Waals surface area contributed by atoms with Crippen LogP contribution < -0.4 is 10.2 Å². The summed E-state index contributed by atoms with van der Waals surface area (Å²) in [4.78, 5) is 24.6.